The molecule has 50 heavy (non-hydrogen) atoms. The number of hydrogen-bond donors (Lipinski definition) is 5. The number of nitrogens with one attached hydrogen (secondary N) is 1. The Morgan fingerprint density at radius 1 is 0.600 bits per heavy atom. The molecule has 0 saturated heterocycles. The number of carbonyl (C=O) groups excluding carboxylic acids is 1. The first-order valence-electron chi connectivity index (χ1n) is 15.1. The van der Waals surface area contributed by atoms with Crippen LogP contribution >= 0.6 is 0 Å². The average Bonchev–Trinajstić information content (AvgIpc) is 3.04. The van der Waals surface area contributed by atoms with E-state index in [2.05, 4.69) is 27.1 Å². The zero-order valence-electron chi connectivity index (χ0n) is 26.3. The lowest BCUT2D eigenvalue weighted by Crippen LogP contribution is -2.46. The van der Waals surface area contributed by atoms with Crippen molar-refractivity contribution in [3.8, 4) is 11.8 Å². The second kappa shape index (κ2) is 18.6. The molecule has 2 aromatic heterocycles. The van der Waals surface area contributed by atoms with Gasteiger partial charge in [0.2, 0.25) is 5.91 Å². The number of pyridine rings is 2. The molecule has 2 heterocycles. The Balaban J connectivity index is 0.00000676. The number of carboxylic acids is 4. The van der Waals surface area contributed by atoms with Crippen LogP contribution < -0.4 is 5.32 Å². The SMILES string of the molecule is C.O=C(O)CN(CCN(CC(=O)O)CC(=O)O)CCN(CC(=O)O)CC(=O)Nc1ccc(C#Cc2ccc3ccc4cccnc4c3n2)cc1. The van der Waals surface area contributed by atoms with Gasteiger partial charge in [-0.05, 0) is 48.4 Å². The number of anilines is 1. The van der Waals surface area contributed by atoms with Gasteiger partial charge in [0.1, 0.15) is 5.69 Å². The van der Waals surface area contributed by atoms with E-state index in [1.54, 1.807) is 30.5 Å². The lowest BCUT2D eigenvalue weighted by molar-refractivity contribution is -0.143. The van der Waals surface area contributed by atoms with Crippen molar-refractivity contribution in [2.45, 2.75) is 7.43 Å². The monoisotopic (exact) mass is 686 g/mol. The first-order valence-corrected chi connectivity index (χ1v) is 15.1. The molecule has 4 aromatic rings. The smallest absolute Gasteiger partial charge is 0.317 e. The fraction of sp³-hybridized carbons (Fsp3) is 0.286. The van der Waals surface area contributed by atoms with E-state index in [1.165, 1.54) is 9.80 Å². The molecule has 0 saturated carbocycles. The molecule has 0 atom stereocenters. The highest BCUT2D eigenvalue weighted by Crippen LogP contribution is 2.22. The van der Waals surface area contributed by atoms with Gasteiger partial charge in [0.15, 0.2) is 0 Å². The summed E-state index contributed by atoms with van der Waals surface area (Å²) in [6, 6.07) is 18.3. The highest BCUT2D eigenvalue weighted by molar-refractivity contribution is 6.02. The van der Waals surface area contributed by atoms with Crippen molar-refractivity contribution >= 4 is 57.3 Å². The largest absolute Gasteiger partial charge is 0.480 e. The van der Waals surface area contributed by atoms with Crippen LogP contribution in [0.5, 0.6) is 0 Å². The first kappa shape index (κ1) is 38.5. The maximum absolute atomic E-state index is 12.8. The molecule has 0 unspecified atom stereocenters. The Hall–Kier alpha value is -5.95. The van der Waals surface area contributed by atoms with Gasteiger partial charge in [-0.2, -0.15) is 0 Å². The summed E-state index contributed by atoms with van der Waals surface area (Å²) >= 11 is 0. The number of hydrogen-bond acceptors (Lipinski definition) is 10. The third-order valence-corrected chi connectivity index (χ3v) is 7.20. The molecule has 0 spiro atoms. The summed E-state index contributed by atoms with van der Waals surface area (Å²) in [5, 5.41) is 41.4. The number of aliphatic carboxylic acids is 4. The van der Waals surface area contributed by atoms with Gasteiger partial charge in [-0.15, -0.1) is 0 Å². The van der Waals surface area contributed by atoms with Crippen LogP contribution in [-0.4, -0.2) is 134 Å². The van der Waals surface area contributed by atoms with E-state index < -0.39 is 56.0 Å². The van der Waals surface area contributed by atoms with Gasteiger partial charge in [0.25, 0.3) is 0 Å². The molecule has 15 nitrogen and oxygen atoms in total. The van der Waals surface area contributed by atoms with Crippen LogP contribution in [0, 0.1) is 11.8 Å². The number of aromatic nitrogens is 2. The number of rotatable bonds is 17. The van der Waals surface area contributed by atoms with Gasteiger partial charge >= 0.3 is 23.9 Å². The normalized spacial score (nSPS) is 10.9. The fourth-order valence-corrected chi connectivity index (χ4v) is 5.00. The van der Waals surface area contributed by atoms with Gasteiger partial charge in [0, 0.05) is 54.4 Å². The van der Waals surface area contributed by atoms with Gasteiger partial charge < -0.3 is 25.7 Å². The first-order chi connectivity index (χ1) is 23.4. The molecule has 0 fully saturated rings. The van der Waals surface area contributed by atoms with Crippen LogP contribution in [0.2, 0.25) is 0 Å². The van der Waals surface area contributed by atoms with E-state index in [9.17, 15) is 34.2 Å². The molecular weight excluding hydrogens is 648 g/mol. The maximum atomic E-state index is 12.8. The third-order valence-electron chi connectivity index (χ3n) is 7.20. The molecule has 0 aliphatic rings. The van der Waals surface area contributed by atoms with E-state index in [4.69, 9.17) is 10.2 Å². The summed E-state index contributed by atoms with van der Waals surface area (Å²) in [7, 11) is 0. The Labute approximate surface area is 287 Å². The van der Waals surface area contributed by atoms with Gasteiger partial charge in [0.05, 0.1) is 43.8 Å². The van der Waals surface area contributed by atoms with E-state index in [0.29, 0.717) is 16.9 Å². The van der Waals surface area contributed by atoms with Crippen LogP contribution in [0.1, 0.15) is 18.7 Å². The minimum absolute atomic E-state index is 0. The molecule has 4 rings (SSSR count). The Morgan fingerprint density at radius 3 is 1.68 bits per heavy atom. The van der Waals surface area contributed by atoms with Crippen molar-refractivity contribution in [3.63, 3.8) is 0 Å². The van der Waals surface area contributed by atoms with E-state index in [0.717, 1.165) is 26.7 Å². The Bertz CT molecular complexity index is 1890. The van der Waals surface area contributed by atoms with Crippen molar-refractivity contribution in [3.05, 3.63) is 78.1 Å². The van der Waals surface area contributed by atoms with Crippen LogP contribution in [0.25, 0.3) is 21.8 Å². The van der Waals surface area contributed by atoms with E-state index in [1.807, 2.05) is 36.4 Å². The number of amides is 1. The molecule has 15 heteroatoms. The van der Waals surface area contributed by atoms with E-state index in [-0.39, 0.29) is 40.2 Å². The topological polar surface area (TPSA) is 214 Å². The predicted molar refractivity (Wildman–Crippen MR) is 185 cm³/mol. The van der Waals surface area contributed by atoms with Crippen LogP contribution in [0.3, 0.4) is 0 Å². The van der Waals surface area contributed by atoms with Crippen LogP contribution in [-0.2, 0) is 24.0 Å². The Morgan fingerprint density at radius 2 is 1.10 bits per heavy atom. The quantitative estimate of drug-likeness (QED) is 0.0794. The summed E-state index contributed by atoms with van der Waals surface area (Å²) in [6.07, 6.45) is 1.72. The van der Waals surface area contributed by atoms with Gasteiger partial charge in [-0.1, -0.05) is 31.5 Å². The minimum atomic E-state index is -1.24. The molecule has 1 amide bonds. The number of benzene rings is 2. The highest BCUT2D eigenvalue weighted by Gasteiger charge is 2.19. The van der Waals surface area contributed by atoms with Crippen molar-refractivity contribution in [1.29, 1.82) is 0 Å². The van der Waals surface area contributed by atoms with Crippen molar-refractivity contribution in [1.82, 2.24) is 24.7 Å². The van der Waals surface area contributed by atoms with Gasteiger partial charge in [-0.25, -0.2) is 4.98 Å². The lowest BCUT2D eigenvalue weighted by atomic mass is 10.1. The second-order valence-corrected chi connectivity index (χ2v) is 11.1. The summed E-state index contributed by atoms with van der Waals surface area (Å²) < 4.78 is 0. The number of nitrogens with zero attached hydrogens (tertiary/aromatic N) is 5. The van der Waals surface area contributed by atoms with Crippen LogP contribution in [0.4, 0.5) is 5.69 Å². The maximum Gasteiger partial charge on any atom is 0.317 e. The molecule has 262 valence electrons. The zero-order chi connectivity index (χ0) is 35.3. The summed E-state index contributed by atoms with van der Waals surface area (Å²) in [5.41, 5.74) is 3.25. The number of fused-ring (bicyclic) bond motifs is 3. The highest BCUT2D eigenvalue weighted by atomic mass is 16.4. The predicted octanol–water partition coefficient (Wildman–Crippen LogP) is 2.00. The average molecular weight is 687 g/mol. The summed E-state index contributed by atoms with van der Waals surface area (Å²) in [6.45, 7) is -2.41. The molecule has 5 N–H and O–H groups in total. The molecule has 0 aliphatic carbocycles. The molecule has 0 bridgehead atoms. The van der Waals surface area contributed by atoms with Gasteiger partial charge in [-0.3, -0.25) is 43.7 Å². The number of carbonyl (C=O) groups is 5. The molecule has 0 radical (unpaired) electrons. The van der Waals surface area contributed by atoms with E-state index >= 15 is 0 Å². The fourth-order valence-electron chi connectivity index (χ4n) is 5.00. The molecule has 2 aromatic carbocycles. The van der Waals surface area contributed by atoms with Crippen LogP contribution in [0.15, 0.2) is 66.9 Å². The molecule has 0 aliphatic heterocycles. The summed E-state index contributed by atoms with van der Waals surface area (Å²) in [5.74, 6) is 0.759. The minimum Gasteiger partial charge on any atom is -0.480 e. The summed E-state index contributed by atoms with van der Waals surface area (Å²) in [4.78, 5) is 70.9. The standard InChI is InChI=1S/C34H34N6O9.CH4/c41-28(18-39(20-30(44)45)16-14-38(19-29(42)43)15-17-40(21-31(46)47)22-32(48)49)36-26-9-3-23(4-10-26)5-11-27-12-8-25-7-6-24-2-1-13-35-33(24)34(25)37-27;/h1-4,6-10,12-13H,14-22H2,(H,36,41)(H,42,43)(H,44,45)(H,46,47)(H,48,49);1H4. The van der Waals surface area contributed by atoms with Crippen molar-refractivity contribution in [2.75, 3.05) is 64.2 Å². The third kappa shape index (κ3) is 12.3. The zero-order valence-corrected chi connectivity index (χ0v) is 26.3. The molecular formula is C35H38N6O9. The second-order valence-electron chi connectivity index (χ2n) is 11.1. The number of carboxylic acid groups (broad SMARTS) is 4. The van der Waals surface area contributed by atoms with Crippen molar-refractivity contribution < 1.29 is 44.4 Å². The lowest BCUT2D eigenvalue weighted by Gasteiger charge is -2.27. The van der Waals surface area contributed by atoms with Crippen molar-refractivity contribution in [2.24, 2.45) is 0 Å². The Kier molecular flexibility index (Phi) is 14.3.